The number of amides is 1. The fraction of sp³-hybridized carbons (Fsp3) is 0.588. The first-order valence-electron chi connectivity index (χ1n) is 8.48. The molecule has 32 heavy (non-hydrogen) atoms. The summed E-state index contributed by atoms with van der Waals surface area (Å²) >= 11 is 0. The van der Waals surface area contributed by atoms with Gasteiger partial charge in [0.25, 0.3) is 0 Å². The van der Waals surface area contributed by atoms with E-state index in [2.05, 4.69) is 22.9 Å². The third-order valence-electron chi connectivity index (χ3n) is 2.81. The van der Waals surface area contributed by atoms with Crippen LogP contribution in [0.15, 0.2) is 24.8 Å². The first-order chi connectivity index (χ1) is 13.8. The first-order valence-corrected chi connectivity index (χ1v) is 11.6. The van der Waals surface area contributed by atoms with E-state index in [-0.39, 0.29) is 44.1 Å². The maximum absolute atomic E-state index is 10.4. The molecule has 0 aromatic rings. The molecule has 0 aromatic heterocycles. The Bertz CT molecular complexity index is 815. The van der Waals surface area contributed by atoms with Crippen LogP contribution in [0.5, 0.6) is 0 Å². The average molecular weight is 508 g/mol. The Morgan fingerprint density at radius 2 is 1.19 bits per heavy atom. The summed E-state index contributed by atoms with van der Waals surface area (Å²) in [6, 6.07) is 0. The molecular weight excluding hydrogens is 477 g/mol. The predicted molar refractivity (Wildman–Crippen MR) is 114 cm³/mol. The molecule has 0 aliphatic carbocycles. The second kappa shape index (κ2) is 18.3. The second-order valence-electron chi connectivity index (χ2n) is 7.18. The molecule has 1 amide bonds. The van der Waals surface area contributed by atoms with Crippen molar-refractivity contribution in [2.75, 3.05) is 24.6 Å². The third kappa shape index (κ3) is 36.2. The maximum atomic E-state index is 10.4. The third-order valence-corrected chi connectivity index (χ3v) is 4.96. The number of nitrogens with two attached hydrogens (primary N) is 1. The standard InChI is InChI=1S/2C7H13NO4S.C3H5NO.Na/c2*1-7(2,6-13(10,11)12)8-4-3-5-9;1-2-3(4)5;/h2*3,8H,4,6H2,1-2H3,(H,10,11,12);2H,1H2,(H2,4,5);/q;;;+1/p-1. The Balaban J connectivity index is -0.000000125. The fourth-order valence-electron chi connectivity index (χ4n) is 1.72. The number of carbonyl (C=O) groups is 1. The van der Waals surface area contributed by atoms with Crippen molar-refractivity contribution in [3.8, 4) is 0 Å². The van der Waals surface area contributed by atoms with Gasteiger partial charge in [-0.15, -0.1) is 0 Å². The van der Waals surface area contributed by atoms with Gasteiger partial charge in [0.1, 0.15) is 11.9 Å². The minimum absolute atomic E-state index is 0. The Labute approximate surface area is 213 Å². The van der Waals surface area contributed by atoms with E-state index in [0.717, 1.165) is 6.08 Å². The molecule has 0 aliphatic rings. The summed E-state index contributed by atoms with van der Waals surface area (Å²) < 4.78 is 62.4. The Kier molecular flexibility index (Phi) is 21.8. The average Bonchev–Trinajstić information content (AvgIpc) is 2.51. The van der Waals surface area contributed by atoms with Crippen molar-refractivity contribution in [2.24, 2.45) is 5.73 Å². The number of nitrogens with one attached hydrogen (secondary N) is 2. The van der Waals surface area contributed by atoms with Crippen molar-refractivity contribution >= 4 is 38.0 Å². The molecule has 12 nitrogen and oxygen atoms in total. The zero-order valence-corrected chi connectivity index (χ0v) is 22.5. The van der Waals surface area contributed by atoms with Crippen molar-refractivity contribution in [3.63, 3.8) is 0 Å². The molecule has 0 fully saturated rings. The van der Waals surface area contributed by atoms with Crippen LogP contribution >= 0.6 is 0 Å². The normalized spacial score (nSPS) is 10.9. The first kappa shape index (κ1) is 38.1. The number of primary amides is 1. The van der Waals surface area contributed by atoms with E-state index < -0.39 is 48.7 Å². The van der Waals surface area contributed by atoms with Gasteiger partial charge in [0.05, 0.1) is 31.7 Å². The molecule has 0 atom stereocenters. The summed E-state index contributed by atoms with van der Waals surface area (Å²) in [5, 5.41) is 5.44. The van der Waals surface area contributed by atoms with Gasteiger partial charge in [0.2, 0.25) is 5.91 Å². The topological polar surface area (TPSA) is 216 Å². The minimum Gasteiger partial charge on any atom is -0.748 e. The van der Waals surface area contributed by atoms with Gasteiger partial charge in [-0.1, -0.05) is 6.58 Å². The fourth-order valence-corrected chi connectivity index (χ4v) is 3.70. The van der Waals surface area contributed by atoms with Gasteiger partial charge < -0.3 is 25.5 Å². The molecule has 0 aliphatic heterocycles. The molecule has 0 rings (SSSR count). The van der Waals surface area contributed by atoms with E-state index >= 15 is 0 Å². The monoisotopic (exact) mass is 507 g/mol. The van der Waals surface area contributed by atoms with Gasteiger partial charge in [-0.05, 0) is 33.8 Å². The van der Waals surface area contributed by atoms with E-state index in [1.807, 2.05) is 0 Å². The summed E-state index contributed by atoms with van der Waals surface area (Å²) in [6.45, 7) is 9.77. The van der Waals surface area contributed by atoms with E-state index in [1.165, 1.54) is 24.0 Å². The van der Waals surface area contributed by atoms with Crippen LogP contribution in [0.3, 0.4) is 0 Å². The summed E-state index contributed by atoms with van der Waals surface area (Å²) in [4.78, 5) is 29.0. The van der Waals surface area contributed by atoms with E-state index in [9.17, 15) is 40.3 Å². The number of rotatable bonds is 11. The predicted octanol–water partition coefficient (Wildman–Crippen LogP) is -4.65. The van der Waals surface area contributed by atoms with Crippen LogP contribution < -0.4 is 45.9 Å². The molecule has 0 aromatic carbocycles. The Morgan fingerprint density at radius 3 is 1.34 bits per heavy atom. The molecule has 15 heteroatoms. The maximum Gasteiger partial charge on any atom is 1.00 e. The number of hydrogen-bond acceptors (Lipinski definition) is 11. The molecule has 4 N–H and O–H groups in total. The van der Waals surface area contributed by atoms with E-state index in [0.29, 0.717) is 0 Å². The largest absolute Gasteiger partial charge is 1.00 e. The zero-order valence-electron chi connectivity index (χ0n) is 19.8. The van der Waals surface area contributed by atoms with Gasteiger partial charge >= 0.3 is 31.0 Å². The molecular formula is C17H30N3NaO9S2. The van der Waals surface area contributed by atoms with Crippen molar-refractivity contribution < 1.29 is 71.3 Å². The van der Waals surface area contributed by atoms with Crippen LogP contribution in [-0.4, -0.2) is 79.4 Å². The van der Waals surface area contributed by atoms with Gasteiger partial charge in [0.15, 0.2) is 0 Å². The Hall–Kier alpha value is -1.15. The molecule has 0 bridgehead atoms. The van der Waals surface area contributed by atoms with Crippen molar-refractivity contribution in [2.45, 2.75) is 38.8 Å². The summed E-state index contributed by atoms with van der Waals surface area (Å²) in [5.41, 5.74) is 2.88. The second-order valence-corrected chi connectivity index (χ2v) is 9.99. The van der Waals surface area contributed by atoms with Gasteiger partial charge in [-0.3, -0.25) is 4.79 Å². The van der Waals surface area contributed by atoms with Crippen molar-refractivity contribution in [1.82, 2.24) is 10.6 Å². The molecule has 0 saturated carbocycles. The van der Waals surface area contributed by atoms with E-state index in [4.69, 9.17) is 0 Å². The van der Waals surface area contributed by atoms with Gasteiger partial charge in [0, 0.05) is 36.3 Å². The van der Waals surface area contributed by atoms with Gasteiger partial charge in [-0.25, -0.2) is 26.4 Å². The molecule has 0 heterocycles. The summed E-state index contributed by atoms with van der Waals surface area (Å²) in [5.74, 6) is 1.58. The zero-order chi connectivity index (χ0) is 25.4. The molecule has 0 unspecified atom stereocenters. The molecule has 0 spiro atoms. The van der Waals surface area contributed by atoms with Crippen LogP contribution in [-0.2, 0) is 34.6 Å². The van der Waals surface area contributed by atoms with Crippen LogP contribution in [0.4, 0.5) is 0 Å². The smallest absolute Gasteiger partial charge is 0.748 e. The van der Waals surface area contributed by atoms with E-state index in [1.54, 1.807) is 27.7 Å². The van der Waals surface area contributed by atoms with Crippen molar-refractivity contribution in [3.05, 3.63) is 24.8 Å². The van der Waals surface area contributed by atoms with Crippen LogP contribution in [0, 0.1) is 0 Å². The van der Waals surface area contributed by atoms with Crippen LogP contribution in [0.25, 0.3) is 0 Å². The van der Waals surface area contributed by atoms with Crippen LogP contribution in [0.2, 0.25) is 0 Å². The molecule has 180 valence electrons. The quantitative estimate of drug-likeness (QED) is 0.105. The summed E-state index contributed by atoms with van der Waals surface area (Å²) in [6.07, 6.45) is 3.42. The molecule has 0 saturated heterocycles. The van der Waals surface area contributed by atoms with Crippen LogP contribution in [0.1, 0.15) is 29.1 Å². The SMILES string of the molecule is C=CC(N)=O.CC(C)(CS(=O)(=O)[O-])NCC=C=O.CC(C)(CS(=O)(=O)[O-])NCC=C=O.[H+].[Na+]. The van der Waals surface area contributed by atoms with Crippen molar-refractivity contribution in [1.29, 1.82) is 0 Å². The number of hydrogen-bond donors (Lipinski definition) is 3. The number of carbonyl (C=O) groups excluding carboxylic acids is 3. The van der Waals surface area contributed by atoms with Gasteiger partial charge in [-0.2, -0.15) is 0 Å². The summed E-state index contributed by atoms with van der Waals surface area (Å²) in [7, 11) is -8.49. The minimum atomic E-state index is -4.24. The Morgan fingerprint density at radius 1 is 0.938 bits per heavy atom. The molecule has 0 radical (unpaired) electrons.